The van der Waals surface area contributed by atoms with E-state index in [0.717, 1.165) is 13.1 Å². The summed E-state index contributed by atoms with van der Waals surface area (Å²) in [7, 11) is 0. The average molecular weight is 303 g/mol. The molecular weight excluding hydrogens is 292 g/mol. The lowest BCUT2D eigenvalue weighted by atomic mass is 10.4. The van der Waals surface area contributed by atoms with Crippen LogP contribution in [0.4, 0.5) is 0 Å². The molecule has 80 valence electrons. The molecule has 0 aliphatic rings. The molecule has 0 bridgehead atoms. The molecule has 0 atom stereocenters. The van der Waals surface area contributed by atoms with Gasteiger partial charge in [-0.1, -0.05) is 0 Å². The van der Waals surface area contributed by atoms with E-state index in [-0.39, 0.29) is 0 Å². The van der Waals surface area contributed by atoms with Crippen molar-refractivity contribution in [3.05, 3.63) is 36.9 Å². The van der Waals surface area contributed by atoms with E-state index in [1.807, 2.05) is 23.0 Å². The Hall–Kier alpha value is -0.230. The van der Waals surface area contributed by atoms with E-state index in [9.17, 15) is 0 Å². The minimum absolute atomic E-state index is 0.902. The van der Waals surface area contributed by atoms with Crippen LogP contribution in [0.5, 0.6) is 0 Å². The van der Waals surface area contributed by atoms with Crippen LogP contribution in [0.3, 0.4) is 0 Å². The molecule has 0 spiro atoms. The molecule has 2 rings (SSSR count). The Morgan fingerprint density at radius 3 is 2.80 bits per heavy atom. The molecule has 0 aliphatic heterocycles. The maximum atomic E-state index is 4.04. The number of hydrogen-bond donors (Lipinski definition) is 1. The minimum Gasteiger partial charge on any atom is -0.307 e. The third-order valence-electron chi connectivity index (χ3n) is 1.99. The first-order chi connectivity index (χ1) is 7.25. The molecule has 0 unspecified atom stereocenters. The van der Waals surface area contributed by atoms with E-state index >= 15 is 0 Å². The molecular formula is C10H11BrN2S2. The van der Waals surface area contributed by atoms with Crippen molar-refractivity contribution in [1.82, 2.24) is 10.3 Å². The van der Waals surface area contributed by atoms with Gasteiger partial charge < -0.3 is 5.32 Å². The highest BCUT2D eigenvalue weighted by molar-refractivity contribution is 9.10. The van der Waals surface area contributed by atoms with Crippen LogP contribution in [0.1, 0.15) is 14.6 Å². The van der Waals surface area contributed by atoms with Gasteiger partial charge in [-0.3, -0.25) is 4.98 Å². The zero-order valence-corrected chi connectivity index (χ0v) is 11.5. The number of thiophene rings is 1. The first-order valence-electron chi connectivity index (χ1n) is 4.58. The highest BCUT2D eigenvalue weighted by Crippen LogP contribution is 2.26. The summed E-state index contributed by atoms with van der Waals surface area (Å²) in [6.07, 6.45) is 1.91. The lowest BCUT2D eigenvalue weighted by Gasteiger charge is -1.99. The molecule has 0 saturated carbocycles. The summed E-state index contributed by atoms with van der Waals surface area (Å²) < 4.78 is 1.21. The molecule has 2 aromatic heterocycles. The summed E-state index contributed by atoms with van der Waals surface area (Å²) in [6, 6.07) is 2.18. The fourth-order valence-corrected chi connectivity index (χ4v) is 3.38. The number of aromatic nitrogens is 1. The van der Waals surface area contributed by atoms with E-state index in [2.05, 4.69) is 39.2 Å². The number of nitrogens with zero attached hydrogens (tertiary/aromatic N) is 1. The van der Waals surface area contributed by atoms with Gasteiger partial charge in [-0.15, -0.1) is 22.7 Å². The zero-order chi connectivity index (χ0) is 10.7. The Morgan fingerprint density at radius 2 is 2.20 bits per heavy atom. The maximum Gasteiger partial charge on any atom is 0.0794 e. The third-order valence-corrected chi connectivity index (χ3v) is 4.91. The Bertz CT molecular complexity index is 403. The van der Waals surface area contributed by atoms with Crippen molar-refractivity contribution in [3.63, 3.8) is 0 Å². The smallest absolute Gasteiger partial charge is 0.0794 e. The first kappa shape index (κ1) is 11.3. The van der Waals surface area contributed by atoms with Crippen molar-refractivity contribution in [2.24, 2.45) is 0 Å². The van der Waals surface area contributed by atoms with Gasteiger partial charge in [-0.25, -0.2) is 0 Å². The molecule has 0 radical (unpaired) electrons. The van der Waals surface area contributed by atoms with Gasteiger partial charge in [0.1, 0.15) is 0 Å². The van der Waals surface area contributed by atoms with Gasteiger partial charge >= 0.3 is 0 Å². The van der Waals surface area contributed by atoms with Crippen LogP contribution in [0, 0.1) is 6.92 Å². The number of hydrogen-bond acceptors (Lipinski definition) is 4. The topological polar surface area (TPSA) is 24.9 Å². The normalized spacial score (nSPS) is 10.8. The van der Waals surface area contributed by atoms with E-state index in [1.54, 1.807) is 11.3 Å². The molecule has 0 aromatic carbocycles. The molecule has 1 N–H and O–H groups in total. The second-order valence-corrected chi connectivity index (χ2v) is 6.35. The quantitative estimate of drug-likeness (QED) is 0.934. The Morgan fingerprint density at radius 1 is 1.40 bits per heavy atom. The van der Waals surface area contributed by atoms with Crippen molar-refractivity contribution in [3.8, 4) is 0 Å². The molecule has 5 heteroatoms. The van der Waals surface area contributed by atoms with Crippen LogP contribution in [0.2, 0.25) is 0 Å². The lowest BCUT2D eigenvalue weighted by molar-refractivity contribution is 0.708. The number of rotatable bonds is 4. The van der Waals surface area contributed by atoms with Crippen LogP contribution in [-0.2, 0) is 13.1 Å². The summed E-state index contributed by atoms with van der Waals surface area (Å²) in [5.74, 6) is 0. The summed E-state index contributed by atoms with van der Waals surface area (Å²) in [4.78, 5) is 8.02. The van der Waals surface area contributed by atoms with Crippen molar-refractivity contribution < 1.29 is 0 Å². The van der Waals surface area contributed by atoms with Gasteiger partial charge in [0.2, 0.25) is 0 Å². The second kappa shape index (κ2) is 5.21. The van der Waals surface area contributed by atoms with Crippen LogP contribution in [-0.4, -0.2) is 4.98 Å². The van der Waals surface area contributed by atoms with E-state index < -0.39 is 0 Å². The molecule has 0 fully saturated rings. The fraction of sp³-hybridized carbons (Fsp3) is 0.300. The molecule has 0 saturated heterocycles. The van der Waals surface area contributed by atoms with Gasteiger partial charge in [0.25, 0.3) is 0 Å². The number of thiazole rings is 1. The van der Waals surface area contributed by atoms with Crippen LogP contribution in [0.15, 0.2) is 22.2 Å². The van der Waals surface area contributed by atoms with E-state index in [1.165, 1.54) is 19.1 Å². The largest absolute Gasteiger partial charge is 0.307 e. The Kier molecular flexibility index (Phi) is 3.91. The minimum atomic E-state index is 0.902. The number of halogens is 1. The van der Waals surface area contributed by atoms with E-state index in [4.69, 9.17) is 0 Å². The number of nitrogens with one attached hydrogen (secondary N) is 1. The summed E-state index contributed by atoms with van der Waals surface area (Å²) in [6.45, 7) is 3.95. The van der Waals surface area contributed by atoms with Crippen LogP contribution >= 0.6 is 38.6 Å². The maximum absolute atomic E-state index is 4.04. The monoisotopic (exact) mass is 302 g/mol. The SMILES string of the molecule is Cc1sc(CNCc2cncs2)cc1Br. The highest BCUT2D eigenvalue weighted by atomic mass is 79.9. The second-order valence-electron chi connectivity index (χ2n) is 3.19. The van der Waals surface area contributed by atoms with Gasteiger partial charge in [-0.05, 0) is 28.9 Å². The fourth-order valence-electron chi connectivity index (χ4n) is 1.24. The third kappa shape index (κ3) is 3.11. The number of aryl methyl sites for hydroxylation is 1. The molecule has 2 heterocycles. The van der Waals surface area contributed by atoms with Crippen LogP contribution in [0.25, 0.3) is 0 Å². The van der Waals surface area contributed by atoms with Gasteiger partial charge in [0, 0.05) is 38.4 Å². The zero-order valence-electron chi connectivity index (χ0n) is 8.29. The molecule has 15 heavy (non-hydrogen) atoms. The predicted octanol–water partition coefficient (Wildman–Crippen LogP) is 3.57. The highest BCUT2D eigenvalue weighted by Gasteiger charge is 2.02. The average Bonchev–Trinajstić information content (AvgIpc) is 2.79. The molecule has 2 nitrogen and oxygen atoms in total. The van der Waals surface area contributed by atoms with Crippen LogP contribution < -0.4 is 5.32 Å². The molecule has 0 aliphatic carbocycles. The van der Waals surface area contributed by atoms with Crippen molar-refractivity contribution >= 4 is 38.6 Å². The van der Waals surface area contributed by atoms with Gasteiger partial charge in [0.05, 0.1) is 5.51 Å². The van der Waals surface area contributed by atoms with Crippen molar-refractivity contribution in [2.45, 2.75) is 20.0 Å². The van der Waals surface area contributed by atoms with Crippen molar-refractivity contribution in [2.75, 3.05) is 0 Å². The summed E-state index contributed by atoms with van der Waals surface area (Å²) >= 11 is 7.04. The standard InChI is InChI=1S/C10H11BrN2S2/c1-7-10(11)2-8(15-7)3-12-4-9-5-13-6-14-9/h2,5-6,12H,3-4H2,1H3. The molecule has 2 aromatic rings. The lowest BCUT2D eigenvalue weighted by Crippen LogP contribution is -2.10. The molecule has 0 amide bonds. The van der Waals surface area contributed by atoms with E-state index in [0.29, 0.717) is 0 Å². The predicted molar refractivity (Wildman–Crippen MR) is 69.4 cm³/mol. The van der Waals surface area contributed by atoms with Gasteiger partial charge in [-0.2, -0.15) is 0 Å². The Balaban J connectivity index is 1.83. The van der Waals surface area contributed by atoms with Gasteiger partial charge in [0.15, 0.2) is 0 Å². The first-order valence-corrected chi connectivity index (χ1v) is 7.07. The Labute approximate surface area is 106 Å². The van der Waals surface area contributed by atoms with Crippen molar-refractivity contribution in [1.29, 1.82) is 0 Å². The summed E-state index contributed by atoms with van der Waals surface area (Å²) in [5.41, 5.74) is 1.86. The summed E-state index contributed by atoms with van der Waals surface area (Å²) in [5, 5.41) is 3.40.